The number of carbonyl (C=O) groups is 2. The zero-order valence-electron chi connectivity index (χ0n) is 12.9. The molecule has 1 atom stereocenters. The average Bonchev–Trinajstić information content (AvgIpc) is 3.29. The fourth-order valence-corrected chi connectivity index (χ4v) is 2.57. The van der Waals surface area contributed by atoms with Gasteiger partial charge in [0.05, 0.1) is 12.7 Å². The molecule has 0 saturated heterocycles. The van der Waals surface area contributed by atoms with Crippen LogP contribution < -0.4 is 5.32 Å². The van der Waals surface area contributed by atoms with Gasteiger partial charge in [0.25, 0.3) is 5.91 Å². The van der Waals surface area contributed by atoms with Gasteiger partial charge in [-0.05, 0) is 37.8 Å². The van der Waals surface area contributed by atoms with Crippen LogP contribution in [0, 0.1) is 5.92 Å². The summed E-state index contributed by atoms with van der Waals surface area (Å²) in [7, 11) is 0. The normalized spacial score (nSPS) is 15.3. The van der Waals surface area contributed by atoms with Gasteiger partial charge in [-0.3, -0.25) is 9.59 Å². The Morgan fingerprint density at radius 3 is 2.96 bits per heavy atom. The highest BCUT2D eigenvalue weighted by Crippen LogP contribution is 2.32. The van der Waals surface area contributed by atoms with Gasteiger partial charge in [0.1, 0.15) is 11.3 Å². The molecular weight excluding hydrogens is 298 g/mol. The molecule has 6 heteroatoms. The Kier molecular flexibility index (Phi) is 4.23. The minimum absolute atomic E-state index is 0.0171. The molecule has 23 heavy (non-hydrogen) atoms. The van der Waals surface area contributed by atoms with Crippen molar-refractivity contribution in [1.82, 2.24) is 5.32 Å². The monoisotopic (exact) mass is 317 g/mol. The molecule has 0 unspecified atom stereocenters. The summed E-state index contributed by atoms with van der Waals surface area (Å²) in [5.41, 5.74) is 1.17. The van der Waals surface area contributed by atoms with Crippen LogP contribution in [0.25, 0.3) is 11.0 Å². The van der Waals surface area contributed by atoms with E-state index in [2.05, 4.69) is 5.32 Å². The van der Waals surface area contributed by atoms with E-state index in [1.807, 2.05) is 6.92 Å². The predicted molar refractivity (Wildman–Crippen MR) is 82.9 cm³/mol. The maximum absolute atomic E-state index is 11.9. The van der Waals surface area contributed by atoms with E-state index in [0.29, 0.717) is 17.1 Å². The third-order valence-electron chi connectivity index (χ3n) is 4.06. The first-order valence-electron chi connectivity index (χ1n) is 7.67. The van der Waals surface area contributed by atoms with Crippen LogP contribution in [0.1, 0.15) is 25.3 Å². The molecule has 1 saturated carbocycles. The number of hydrogen-bond acceptors (Lipinski definition) is 5. The molecule has 0 aliphatic heterocycles. The second-order valence-corrected chi connectivity index (χ2v) is 5.97. The van der Waals surface area contributed by atoms with E-state index < -0.39 is 5.97 Å². The summed E-state index contributed by atoms with van der Waals surface area (Å²) in [5, 5.41) is 13.0. The number of rotatable bonds is 6. The van der Waals surface area contributed by atoms with E-state index in [1.165, 1.54) is 18.4 Å². The molecule has 0 radical (unpaired) electrons. The highest BCUT2D eigenvalue weighted by Gasteiger charge is 2.29. The first-order chi connectivity index (χ1) is 11.0. The third kappa shape index (κ3) is 3.83. The van der Waals surface area contributed by atoms with Gasteiger partial charge in [0, 0.05) is 23.1 Å². The Balaban J connectivity index is 1.51. The molecule has 3 rings (SSSR count). The third-order valence-corrected chi connectivity index (χ3v) is 4.06. The maximum atomic E-state index is 11.9. The van der Waals surface area contributed by atoms with Crippen molar-refractivity contribution >= 4 is 22.8 Å². The molecular formula is C17H19NO5. The number of carbonyl (C=O) groups excluding carboxylic acids is 2. The van der Waals surface area contributed by atoms with Crippen molar-refractivity contribution in [3.8, 4) is 5.75 Å². The van der Waals surface area contributed by atoms with E-state index in [1.54, 1.807) is 6.07 Å². The second-order valence-electron chi connectivity index (χ2n) is 5.97. The number of hydrogen-bond donors (Lipinski definition) is 2. The Hall–Kier alpha value is -2.50. The van der Waals surface area contributed by atoms with Crippen molar-refractivity contribution < 1.29 is 23.8 Å². The Morgan fingerprint density at radius 2 is 2.22 bits per heavy atom. The van der Waals surface area contributed by atoms with Crippen LogP contribution in [0.3, 0.4) is 0 Å². The maximum Gasteiger partial charge on any atom is 0.310 e. The molecule has 1 fully saturated rings. The molecule has 0 spiro atoms. The zero-order chi connectivity index (χ0) is 16.4. The largest absolute Gasteiger partial charge is 0.508 e. The summed E-state index contributed by atoms with van der Waals surface area (Å²) in [6, 6.07) is 4.82. The smallest absolute Gasteiger partial charge is 0.310 e. The second kappa shape index (κ2) is 6.32. The number of aromatic hydroxyl groups is 1. The van der Waals surface area contributed by atoms with E-state index in [9.17, 15) is 14.7 Å². The molecule has 2 N–H and O–H groups in total. The highest BCUT2D eigenvalue weighted by atomic mass is 16.5. The summed E-state index contributed by atoms with van der Waals surface area (Å²) in [6.45, 7) is 1.69. The number of ether oxygens (including phenoxy) is 1. The minimum Gasteiger partial charge on any atom is -0.508 e. The van der Waals surface area contributed by atoms with Crippen molar-refractivity contribution in [2.45, 2.75) is 32.2 Å². The number of benzene rings is 1. The first-order valence-corrected chi connectivity index (χ1v) is 7.67. The molecule has 122 valence electrons. The number of esters is 1. The fourth-order valence-electron chi connectivity index (χ4n) is 2.57. The SMILES string of the molecule is C[C@@H](NC(=O)COC(=O)Cc1coc2cc(O)ccc12)C1CC1. The molecule has 1 aliphatic carbocycles. The first kappa shape index (κ1) is 15.4. The summed E-state index contributed by atoms with van der Waals surface area (Å²) < 4.78 is 10.3. The van der Waals surface area contributed by atoms with E-state index in [0.717, 1.165) is 18.2 Å². The Morgan fingerprint density at radius 1 is 1.43 bits per heavy atom. The summed E-state index contributed by atoms with van der Waals surface area (Å²) in [5.74, 6) is -0.111. The molecule has 6 nitrogen and oxygen atoms in total. The molecule has 1 aliphatic rings. The van der Waals surface area contributed by atoms with Gasteiger partial charge in [-0.2, -0.15) is 0 Å². The Labute approximate surface area is 133 Å². The molecule has 0 bridgehead atoms. The van der Waals surface area contributed by atoms with E-state index >= 15 is 0 Å². The lowest BCUT2D eigenvalue weighted by Crippen LogP contribution is -2.37. The van der Waals surface area contributed by atoms with Gasteiger partial charge in [-0.1, -0.05) is 0 Å². The predicted octanol–water partition coefficient (Wildman–Crippen LogP) is 2.14. The van der Waals surface area contributed by atoms with E-state index in [4.69, 9.17) is 9.15 Å². The van der Waals surface area contributed by atoms with Gasteiger partial charge in [-0.25, -0.2) is 0 Å². The van der Waals surface area contributed by atoms with Crippen molar-refractivity contribution in [2.24, 2.45) is 5.92 Å². The summed E-state index contributed by atoms with van der Waals surface area (Å²) >= 11 is 0. The lowest BCUT2D eigenvalue weighted by atomic mass is 10.1. The van der Waals surface area contributed by atoms with Crippen LogP contribution in [-0.4, -0.2) is 29.6 Å². The van der Waals surface area contributed by atoms with E-state index in [-0.39, 0.29) is 30.7 Å². The van der Waals surface area contributed by atoms with Crippen LogP contribution in [0.4, 0.5) is 0 Å². The standard InChI is InChI=1S/C17H19NO5/c1-10(11-2-3-11)18-16(20)9-23-17(21)6-12-8-22-15-7-13(19)4-5-14(12)15/h4-5,7-8,10-11,19H,2-3,6,9H2,1H3,(H,18,20)/t10-/m1/s1. The zero-order valence-corrected chi connectivity index (χ0v) is 12.9. The van der Waals surface area contributed by atoms with Crippen LogP contribution in [0.5, 0.6) is 5.75 Å². The van der Waals surface area contributed by atoms with Crippen LogP contribution >= 0.6 is 0 Å². The van der Waals surface area contributed by atoms with Gasteiger partial charge in [0.2, 0.25) is 0 Å². The van der Waals surface area contributed by atoms with Gasteiger partial charge in [0.15, 0.2) is 6.61 Å². The lowest BCUT2D eigenvalue weighted by Gasteiger charge is -2.12. The van der Waals surface area contributed by atoms with Gasteiger partial charge < -0.3 is 19.6 Å². The quantitative estimate of drug-likeness (QED) is 0.797. The summed E-state index contributed by atoms with van der Waals surface area (Å²) in [6.07, 6.45) is 3.76. The van der Waals surface area contributed by atoms with Crippen molar-refractivity contribution in [3.05, 3.63) is 30.0 Å². The minimum atomic E-state index is -0.491. The molecule has 1 heterocycles. The number of furan rings is 1. The highest BCUT2D eigenvalue weighted by molar-refractivity contribution is 5.87. The Bertz CT molecular complexity index is 732. The fraction of sp³-hybridized carbons (Fsp3) is 0.412. The molecule has 2 aromatic rings. The van der Waals surface area contributed by atoms with Gasteiger partial charge >= 0.3 is 5.97 Å². The lowest BCUT2D eigenvalue weighted by molar-refractivity contribution is -0.148. The number of phenols is 1. The number of phenolic OH excluding ortho intramolecular Hbond substituents is 1. The summed E-state index contributed by atoms with van der Waals surface area (Å²) in [4.78, 5) is 23.6. The number of nitrogens with one attached hydrogen (secondary N) is 1. The molecule has 1 aromatic carbocycles. The van der Waals surface area contributed by atoms with Crippen LogP contribution in [0.15, 0.2) is 28.9 Å². The molecule has 1 amide bonds. The van der Waals surface area contributed by atoms with Crippen molar-refractivity contribution in [3.63, 3.8) is 0 Å². The van der Waals surface area contributed by atoms with Crippen molar-refractivity contribution in [2.75, 3.05) is 6.61 Å². The van der Waals surface area contributed by atoms with Crippen LogP contribution in [-0.2, 0) is 20.7 Å². The molecule has 1 aromatic heterocycles. The van der Waals surface area contributed by atoms with Gasteiger partial charge in [-0.15, -0.1) is 0 Å². The van der Waals surface area contributed by atoms with Crippen LogP contribution in [0.2, 0.25) is 0 Å². The topological polar surface area (TPSA) is 88.8 Å². The number of fused-ring (bicyclic) bond motifs is 1. The average molecular weight is 317 g/mol. The van der Waals surface area contributed by atoms with Crippen molar-refractivity contribution in [1.29, 1.82) is 0 Å². The number of amides is 1.